The van der Waals surface area contributed by atoms with Crippen LogP contribution in [0.2, 0.25) is 0 Å². The van der Waals surface area contributed by atoms with Crippen LogP contribution in [0.5, 0.6) is 0 Å². The number of hydrogen-bond acceptors (Lipinski definition) is 4. The molecule has 3 aromatic rings. The van der Waals surface area contributed by atoms with Gasteiger partial charge >= 0.3 is 0 Å². The summed E-state index contributed by atoms with van der Waals surface area (Å²) in [5, 5.41) is 0. The summed E-state index contributed by atoms with van der Waals surface area (Å²) in [5.74, 6) is 0.155. The fourth-order valence-electron chi connectivity index (χ4n) is 3.34. The number of benzene rings is 3. The van der Waals surface area contributed by atoms with E-state index < -0.39 is 19.9 Å². The molecule has 0 aromatic heterocycles. The van der Waals surface area contributed by atoms with Crippen LogP contribution in [0.15, 0.2) is 82.6 Å². The van der Waals surface area contributed by atoms with Crippen molar-refractivity contribution >= 4 is 25.5 Å². The van der Waals surface area contributed by atoms with E-state index >= 15 is 0 Å². The minimum atomic E-state index is -3.74. The maximum absolute atomic E-state index is 13.5. The Morgan fingerprint density at radius 2 is 1.23 bits per heavy atom. The maximum Gasteiger partial charge on any atom is 0.264 e. The van der Waals surface area contributed by atoms with Crippen molar-refractivity contribution in [2.45, 2.75) is 30.6 Å². The SMILES string of the molecule is Cc1ccccc1N(CC(C)C)S(=O)(=O)c1ccc(-c2ccc(S(C)(=O)=O)cc2)cc1. The summed E-state index contributed by atoms with van der Waals surface area (Å²) in [4.78, 5) is 0.464. The van der Waals surface area contributed by atoms with Gasteiger partial charge in [-0.25, -0.2) is 16.8 Å². The molecule has 0 unspecified atom stereocenters. The molecule has 0 saturated heterocycles. The molecule has 5 nitrogen and oxygen atoms in total. The fraction of sp³-hybridized carbons (Fsp3) is 0.250. The Morgan fingerprint density at radius 1 is 0.742 bits per heavy atom. The van der Waals surface area contributed by atoms with Crippen molar-refractivity contribution < 1.29 is 16.8 Å². The number of aryl methyl sites for hydroxylation is 1. The zero-order valence-electron chi connectivity index (χ0n) is 18.1. The third-order valence-electron chi connectivity index (χ3n) is 4.97. The van der Waals surface area contributed by atoms with Gasteiger partial charge in [0, 0.05) is 12.8 Å². The van der Waals surface area contributed by atoms with Gasteiger partial charge in [0.25, 0.3) is 10.0 Å². The van der Waals surface area contributed by atoms with Crippen LogP contribution < -0.4 is 4.31 Å². The molecule has 164 valence electrons. The van der Waals surface area contributed by atoms with E-state index in [2.05, 4.69) is 0 Å². The Balaban J connectivity index is 1.96. The molecule has 0 bridgehead atoms. The van der Waals surface area contributed by atoms with Gasteiger partial charge in [-0.3, -0.25) is 4.31 Å². The highest BCUT2D eigenvalue weighted by Crippen LogP contribution is 2.29. The zero-order chi connectivity index (χ0) is 22.8. The first-order valence-electron chi connectivity index (χ1n) is 9.99. The zero-order valence-corrected chi connectivity index (χ0v) is 19.7. The minimum absolute atomic E-state index is 0.155. The van der Waals surface area contributed by atoms with E-state index in [0.717, 1.165) is 16.7 Å². The Bertz CT molecular complexity index is 1260. The van der Waals surface area contributed by atoms with Crippen LogP contribution in [0.3, 0.4) is 0 Å². The van der Waals surface area contributed by atoms with E-state index in [4.69, 9.17) is 0 Å². The quantitative estimate of drug-likeness (QED) is 0.505. The van der Waals surface area contributed by atoms with E-state index in [1.165, 1.54) is 10.6 Å². The Kier molecular flexibility index (Phi) is 6.57. The number of hydrogen-bond donors (Lipinski definition) is 0. The Morgan fingerprint density at radius 3 is 1.68 bits per heavy atom. The van der Waals surface area contributed by atoms with Crippen LogP contribution in [-0.4, -0.2) is 29.6 Å². The van der Waals surface area contributed by atoms with Gasteiger partial charge in [0.2, 0.25) is 0 Å². The Labute approximate surface area is 185 Å². The predicted molar refractivity (Wildman–Crippen MR) is 126 cm³/mol. The summed E-state index contributed by atoms with van der Waals surface area (Å²) in [6.07, 6.45) is 1.17. The van der Waals surface area contributed by atoms with Crippen LogP contribution in [0.1, 0.15) is 19.4 Å². The van der Waals surface area contributed by atoms with Crippen LogP contribution in [0.25, 0.3) is 11.1 Å². The van der Waals surface area contributed by atoms with E-state index in [1.807, 2.05) is 45.0 Å². The molecule has 0 radical (unpaired) electrons. The summed E-state index contributed by atoms with van der Waals surface area (Å²) in [6, 6.07) is 20.7. The standard InChI is InChI=1S/C24H27NO4S2/c1-18(2)17-25(24-8-6-5-7-19(24)3)31(28,29)23-15-11-21(12-16-23)20-9-13-22(14-10-20)30(4,26)27/h5-16,18H,17H2,1-4H3. The van der Waals surface area contributed by atoms with Gasteiger partial charge in [0.1, 0.15) is 0 Å². The lowest BCUT2D eigenvalue weighted by atomic mass is 10.1. The van der Waals surface area contributed by atoms with Gasteiger partial charge in [0.15, 0.2) is 9.84 Å². The van der Waals surface area contributed by atoms with E-state index in [9.17, 15) is 16.8 Å². The lowest BCUT2D eigenvalue weighted by Crippen LogP contribution is -2.34. The molecular formula is C24H27NO4S2. The molecule has 0 aliphatic heterocycles. The van der Waals surface area contributed by atoms with E-state index in [1.54, 1.807) is 48.5 Å². The molecule has 0 saturated carbocycles. The van der Waals surface area contributed by atoms with Crippen molar-refractivity contribution in [3.8, 4) is 11.1 Å². The molecule has 0 aliphatic rings. The molecule has 0 aliphatic carbocycles. The van der Waals surface area contributed by atoms with Crippen LogP contribution >= 0.6 is 0 Å². The highest BCUT2D eigenvalue weighted by Gasteiger charge is 2.26. The van der Waals surface area contributed by atoms with E-state index in [0.29, 0.717) is 12.2 Å². The van der Waals surface area contributed by atoms with Crippen LogP contribution in [-0.2, 0) is 19.9 Å². The third-order valence-corrected chi connectivity index (χ3v) is 7.90. The molecule has 0 N–H and O–H groups in total. The van der Waals surface area contributed by atoms with Gasteiger partial charge in [-0.1, -0.05) is 56.3 Å². The third kappa shape index (κ3) is 5.17. The van der Waals surface area contributed by atoms with Gasteiger partial charge in [-0.2, -0.15) is 0 Å². The molecule has 0 fully saturated rings. The van der Waals surface area contributed by atoms with Crippen molar-refractivity contribution in [2.24, 2.45) is 5.92 Å². The number of para-hydroxylation sites is 1. The number of nitrogens with zero attached hydrogens (tertiary/aromatic N) is 1. The monoisotopic (exact) mass is 457 g/mol. The number of sulfonamides is 1. The van der Waals surface area contributed by atoms with Crippen molar-refractivity contribution in [2.75, 3.05) is 17.1 Å². The molecule has 3 rings (SSSR count). The average molecular weight is 458 g/mol. The largest absolute Gasteiger partial charge is 0.266 e. The number of rotatable bonds is 7. The van der Waals surface area contributed by atoms with Crippen molar-refractivity contribution in [1.29, 1.82) is 0 Å². The summed E-state index contributed by atoms with van der Waals surface area (Å²) >= 11 is 0. The first-order chi connectivity index (χ1) is 14.5. The number of anilines is 1. The van der Waals surface area contributed by atoms with Crippen molar-refractivity contribution in [3.05, 3.63) is 78.4 Å². The smallest absolute Gasteiger partial charge is 0.264 e. The molecular weight excluding hydrogens is 430 g/mol. The predicted octanol–water partition coefficient (Wildman–Crippen LogP) is 4.92. The topological polar surface area (TPSA) is 71.5 Å². The molecule has 0 amide bonds. The fourth-order valence-corrected chi connectivity index (χ4v) is 5.67. The molecule has 0 atom stereocenters. The van der Waals surface area contributed by atoms with Crippen LogP contribution in [0.4, 0.5) is 5.69 Å². The minimum Gasteiger partial charge on any atom is -0.266 e. The van der Waals surface area contributed by atoms with Gasteiger partial charge in [0.05, 0.1) is 15.5 Å². The summed E-state index contributed by atoms with van der Waals surface area (Å²) in [6.45, 7) is 6.26. The second kappa shape index (κ2) is 8.85. The lowest BCUT2D eigenvalue weighted by Gasteiger charge is -2.27. The van der Waals surface area contributed by atoms with Gasteiger partial charge < -0.3 is 0 Å². The van der Waals surface area contributed by atoms with Gasteiger partial charge in [-0.05, 0) is 59.9 Å². The molecule has 31 heavy (non-hydrogen) atoms. The van der Waals surface area contributed by atoms with E-state index in [-0.39, 0.29) is 15.7 Å². The lowest BCUT2D eigenvalue weighted by molar-refractivity contribution is 0.577. The average Bonchev–Trinajstić information content (AvgIpc) is 2.72. The molecule has 3 aromatic carbocycles. The molecule has 7 heteroatoms. The summed E-state index contributed by atoms with van der Waals surface area (Å²) in [7, 11) is -7.00. The van der Waals surface area contributed by atoms with Crippen molar-refractivity contribution in [1.82, 2.24) is 0 Å². The first-order valence-corrected chi connectivity index (χ1v) is 13.3. The second-order valence-corrected chi connectivity index (χ2v) is 11.9. The number of sulfone groups is 1. The normalized spacial score (nSPS) is 12.2. The van der Waals surface area contributed by atoms with Crippen molar-refractivity contribution in [3.63, 3.8) is 0 Å². The maximum atomic E-state index is 13.5. The first kappa shape index (κ1) is 23.0. The van der Waals surface area contributed by atoms with Crippen LogP contribution in [0, 0.1) is 12.8 Å². The van der Waals surface area contributed by atoms with Gasteiger partial charge in [-0.15, -0.1) is 0 Å². The molecule has 0 heterocycles. The highest BCUT2D eigenvalue weighted by molar-refractivity contribution is 7.92. The Hall–Kier alpha value is -2.64. The summed E-state index contributed by atoms with van der Waals surface area (Å²) < 4.78 is 51.7. The second-order valence-electron chi connectivity index (χ2n) is 8.04. The summed E-state index contributed by atoms with van der Waals surface area (Å²) in [5.41, 5.74) is 3.20. The highest BCUT2D eigenvalue weighted by atomic mass is 32.2. The molecule has 0 spiro atoms.